The lowest BCUT2D eigenvalue weighted by Gasteiger charge is -2.08. The monoisotopic (exact) mass is 263 g/mol. The second kappa shape index (κ2) is 5.79. The van der Waals surface area contributed by atoms with Gasteiger partial charge < -0.3 is 0 Å². The van der Waals surface area contributed by atoms with Crippen LogP contribution in [0.1, 0.15) is 0 Å². The molecule has 0 amide bonds. The molecule has 98 valence electrons. The summed E-state index contributed by atoms with van der Waals surface area (Å²) in [5.74, 6) is 1.44. The smallest absolute Gasteiger partial charge is 0.145 e. The summed E-state index contributed by atoms with van der Waals surface area (Å²) in [7, 11) is 0. The van der Waals surface area contributed by atoms with Crippen LogP contribution in [0.5, 0.6) is 0 Å². The second-order valence-electron chi connectivity index (χ2n) is 4.09. The highest BCUT2D eigenvalue weighted by atomic mass is 15.4. The van der Waals surface area contributed by atoms with Crippen molar-refractivity contribution in [2.24, 2.45) is 0 Å². The highest BCUT2D eigenvalue weighted by Crippen LogP contribution is 2.15. The van der Waals surface area contributed by atoms with Crippen molar-refractivity contribution in [1.82, 2.24) is 15.0 Å². The van der Waals surface area contributed by atoms with E-state index in [0.717, 1.165) is 17.2 Å². The van der Waals surface area contributed by atoms with Crippen LogP contribution < -0.4 is 10.9 Å². The molecule has 0 atom stereocenters. The van der Waals surface area contributed by atoms with Crippen molar-refractivity contribution in [3.8, 4) is 11.4 Å². The number of rotatable bonds is 4. The fourth-order valence-corrected chi connectivity index (χ4v) is 1.73. The van der Waals surface area contributed by atoms with Crippen molar-refractivity contribution in [1.29, 1.82) is 0 Å². The summed E-state index contributed by atoms with van der Waals surface area (Å²) in [6.45, 7) is 0. The second-order valence-corrected chi connectivity index (χ2v) is 4.09. The summed E-state index contributed by atoms with van der Waals surface area (Å²) in [6, 6.07) is 17.1. The molecule has 0 saturated carbocycles. The van der Waals surface area contributed by atoms with Crippen LogP contribution in [-0.4, -0.2) is 15.0 Å². The number of pyridine rings is 3. The van der Waals surface area contributed by atoms with Crippen LogP contribution in [0.15, 0.2) is 67.0 Å². The van der Waals surface area contributed by atoms with Crippen molar-refractivity contribution in [3.05, 3.63) is 67.0 Å². The molecule has 5 nitrogen and oxygen atoms in total. The van der Waals surface area contributed by atoms with Gasteiger partial charge in [0.2, 0.25) is 0 Å². The van der Waals surface area contributed by atoms with Gasteiger partial charge >= 0.3 is 0 Å². The van der Waals surface area contributed by atoms with E-state index in [1.807, 2.05) is 54.6 Å². The molecule has 0 radical (unpaired) electrons. The molecule has 0 bridgehead atoms. The minimum atomic E-state index is 0.707. The molecule has 0 saturated heterocycles. The predicted molar refractivity (Wildman–Crippen MR) is 79.0 cm³/mol. The Bertz CT molecular complexity index is 670. The van der Waals surface area contributed by atoms with Crippen LogP contribution in [0.4, 0.5) is 11.6 Å². The minimum Gasteiger partial charge on any atom is -0.283 e. The van der Waals surface area contributed by atoms with Crippen molar-refractivity contribution in [3.63, 3.8) is 0 Å². The first-order valence-corrected chi connectivity index (χ1v) is 6.23. The van der Waals surface area contributed by atoms with Crippen LogP contribution >= 0.6 is 0 Å². The molecular weight excluding hydrogens is 250 g/mol. The van der Waals surface area contributed by atoms with E-state index in [2.05, 4.69) is 25.8 Å². The zero-order chi connectivity index (χ0) is 13.6. The number of hydrogen-bond donors (Lipinski definition) is 2. The maximum Gasteiger partial charge on any atom is 0.145 e. The summed E-state index contributed by atoms with van der Waals surface area (Å²) in [5.41, 5.74) is 7.67. The summed E-state index contributed by atoms with van der Waals surface area (Å²) in [6.07, 6.45) is 3.48. The molecule has 3 rings (SSSR count). The van der Waals surface area contributed by atoms with Crippen molar-refractivity contribution < 1.29 is 0 Å². The normalized spacial score (nSPS) is 10.0. The summed E-state index contributed by atoms with van der Waals surface area (Å²) >= 11 is 0. The fraction of sp³-hybridized carbons (Fsp3) is 0. The lowest BCUT2D eigenvalue weighted by atomic mass is 10.2. The Hall–Kier alpha value is -2.95. The maximum atomic E-state index is 4.49. The van der Waals surface area contributed by atoms with Gasteiger partial charge in [0.1, 0.15) is 11.6 Å². The summed E-state index contributed by atoms with van der Waals surface area (Å²) < 4.78 is 0. The van der Waals surface area contributed by atoms with Gasteiger partial charge in [0.15, 0.2) is 0 Å². The average molecular weight is 263 g/mol. The molecule has 3 heterocycles. The van der Waals surface area contributed by atoms with E-state index in [1.165, 1.54) is 0 Å². The lowest BCUT2D eigenvalue weighted by Crippen LogP contribution is -2.11. The Balaban J connectivity index is 1.75. The first kappa shape index (κ1) is 12.1. The topological polar surface area (TPSA) is 62.7 Å². The van der Waals surface area contributed by atoms with Crippen LogP contribution in [0.3, 0.4) is 0 Å². The third kappa shape index (κ3) is 2.89. The van der Waals surface area contributed by atoms with Gasteiger partial charge in [0.25, 0.3) is 0 Å². The molecule has 0 fully saturated rings. The largest absolute Gasteiger partial charge is 0.283 e. The zero-order valence-electron chi connectivity index (χ0n) is 10.7. The molecule has 0 spiro atoms. The van der Waals surface area contributed by atoms with Gasteiger partial charge in [-0.3, -0.25) is 15.8 Å². The number of hydrogen-bond acceptors (Lipinski definition) is 5. The molecule has 3 aromatic heterocycles. The molecule has 0 aliphatic carbocycles. The standard InChI is InChI=1S/C15H13N5/c1-3-10-16-12(6-1)13-7-5-9-15(18-13)20-19-14-8-2-4-11-17-14/h1-11H,(H,17,19)(H,18,20). The van der Waals surface area contributed by atoms with E-state index >= 15 is 0 Å². The Morgan fingerprint density at radius 2 is 1.30 bits per heavy atom. The molecule has 0 aromatic carbocycles. The van der Waals surface area contributed by atoms with Gasteiger partial charge in [0, 0.05) is 12.4 Å². The zero-order valence-corrected chi connectivity index (χ0v) is 10.7. The van der Waals surface area contributed by atoms with Crippen molar-refractivity contribution >= 4 is 11.6 Å². The van der Waals surface area contributed by atoms with E-state index in [0.29, 0.717) is 5.82 Å². The summed E-state index contributed by atoms with van der Waals surface area (Å²) in [5, 5.41) is 0. The van der Waals surface area contributed by atoms with Crippen LogP contribution in [-0.2, 0) is 0 Å². The molecular formula is C15H13N5. The van der Waals surface area contributed by atoms with E-state index in [1.54, 1.807) is 12.4 Å². The maximum absolute atomic E-state index is 4.49. The number of nitrogens with zero attached hydrogens (tertiary/aromatic N) is 3. The van der Waals surface area contributed by atoms with Gasteiger partial charge in [0.05, 0.1) is 11.4 Å². The SMILES string of the molecule is c1ccc(NNc2cccc(-c3ccccn3)n2)nc1. The average Bonchev–Trinajstić information content (AvgIpc) is 2.55. The Labute approximate surface area is 116 Å². The molecule has 20 heavy (non-hydrogen) atoms. The van der Waals surface area contributed by atoms with Gasteiger partial charge in [-0.25, -0.2) is 9.97 Å². The van der Waals surface area contributed by atoms with Crippen molar-refractivity contribution in [2.75, 3.05) is 10.9 Å². The Morgan fingerprint density at radius 3 is 2.05 bits per heavy atom. The number of aromatic nitrogens is 3. The van der Waals surface area contributed by atoms with Crippen LogP contribution in [0.25, 0.3) is 11.4 Å². The van der Waals surface area contributed by atoms with E-state index in [-0.39, 0.29) is 0 Å². The quantitative estimate of drug-likeness (QED) is 0.708. The fourth-order valence-electron chi connectivity index (χ4n) is 1.73. The first-order chi connectivity index (χ1) is 9.92. The third-order valence-electron chi connectivity index (χ3n) is 2.66. The first-order valence-electron chi connectivity index (χ1n) is 6.23. The predicted octanol–water partition coefficient (Wildman–Crippen LogP) is 2.98. The van der Waals surface area contributed by atoms with E-state index in [4.69, 9.17) is 0 Å². The molecule has 0 aliphatic heterocycles. The number of nitrogens with one attached hydrogen (secondary N) is 2. The number of hydrazine groups is 1. The van der Waals surface area contributed by atoms with Crippen LogP contribution in [0, 0.1) is 0 Å². The molecule has 0 unspecified atom stereocenters. The van der Waals surface area contributed by atoms with Gasteiger partial charge in [-0.1, -0.05) is 18.2 Å². The van der Waals surface area contributed by atoms with E-state index < -0.39 is 0 Å². The minimum absolute atomic E-state index is 0.707. The molecule has 0 aliphatic rings. The molecule has 3 aromatic rings. The van der Waals surface area contributed by atoms with E-state index in [9.17, 15) is 0 Å². The Kier molecular flexibility index (Phi) is 3.51. The third-order valence-corrected chi connectivity index (χ3v) is 2.66. The van der Waals surface area contributed by atoms with Gasteiger partial charge in [-0.15, -0.1) is 0 Å². The summed E-state index contributed by atoms with van der Waals surface area (Å²) in [4.78, 5) is 12.9. The Morgan fingerprint density at radius 1 is 0.600 bits per heavy atom. The van der Waals surface area contributed by atoms with Crippen LogP contribution in [0.2, 0.25) is 0 Å². The number of anilines is 2. The van der Waals surface area contributed by atoms with Crippen molar-refractivity contribution in [2.45, 2.75) is 0 Å². The highest BCUT2D eigenvalue weighted by Gasteiger charge is 2.01. The van der Waals surface area contributed by atoms with Gasteiger partial charge in [-0.05, 0) is 36.4 Å². The molecule has 2 N–H and O–H groups in total. The molecule has 5 heteroatoms. The highest BCUT2D eigenvalue weighted by molar-refractivity contribution is 5.57. The van der Waals surface area contributed by atoms with Gasteiger partial charge in [-0.2, -0.15) is 0 Å². The lowest BCUT2D eigenvalue weighted by molar-refractivity contribution is 1.20.